The molecule has 0 spiro atoms. The maximum absolute atomic E-state index is 13.3. The maximum Gasteiger partial charge on any atom is 0.416 e. The van der Waals surface area contributed by atoms with E-state index in [0.29, 0.717) is 5.75 Å². The van der Waals surface area contributed by atoms with Crippen LogP contribution < -0.4 is 15.6 Å². The van der Waals surface area contributed by atoms with Crippen LogP contribution in [0.1, 0.15) is 22.3 Å². The Morgan fingerprint density at radius 2 is 1.81 bits per heavy atom. The van der Waals surface area contributed by atoms with Gasteiger partial charge in [0.1, 0.15) is 28.6 Å². The number of ether oxygens (including phenoxy) is 1. The Hall–Kier alpha value is -4.91. The van der Waals surface area contributed by atoms with Crippen molar-refractivity contribution in [1.29, 1.82) is 5.26 Å². The summed E-state index contributed by atoms with van der Waals surface area (Å²) in [6.45, 7) is 3.74. The zero-order chi connectivity index (χ0) is 26.7. The van der Waals surface area contributed by atoms with E-state index in [9.17, 15) is 28.0 Å². The molecule has 0 atom stereocenters. The van der Waals surface area contributed by atoms with E-state index < -0.39 is 28.8 Å². The van der Waals surface area contributed by atoms with Crippen molar-refractivity contribution in [3.05, 3.63) is 105 Å². The first kappa shape index (κ1) is 25.2. The Morgan fingerprint density at radius 1 is 1.08 bits per heavy atom. The molecular weight excluding hydrogens is 485 g/mol. The third-order valence-electron chi connectivity index (χ3n) is 5.25. The molecule has 0 bridgehead atoms. The van der Waals surface area contributed by atoms with Crippen LogP contribution in [0.2, 0.25) is 0 Å². The zero-order valence-electron chi connectivity index (χ0n) is 19.6. The van der Waals surface area contributed by atoms with Crippen LogP contribution >= 0.6 is 0 Å². The average molecular weight is 504 g/mol. The number of aromatic nitrogens is 2. The number of hydrogen-bond acceptors (Lipinski definition) is 5. The van der Waals surface area contributed by atoms with E-state index in [2.05, 4.69) is 10.3 Å². The molecular formula is C27H19F3N4O3. The van der Waals surface area contributed by atoms with E-state index in [1.54, 1.807) is 36.4 Å². The van der Waals surface area contributed by atoms with Crippen LogP contribution in [0.4, 0.5) is 18.9 Å². The van der Waals surface area contributed by atoms with Crippen molar-refractivity contribution in [2.24, 2.45) is 0 Å². The lowest BCUT2D eigenvalue weighted by molar-refractivity contribution is -0.137. The lowest BCUT2D eigenvalue weighted by Gasteiger charge is -2.12. The molecule has 0 fully saturated rings. The highest BCUT2D eigenvalue weighted by atomic mass is 19.4. The standard InChI is InChI=1S/C27H19F3N4O3/c1-16-10-17(2)12-21(11-16)37-25-22(26(36)34-9-4-3-8-23(34)33-25)13-18(15-31)24(35)32-20-7-5-6-19(14-20)27(28,29)30/h3-14H,1-2H3,(H,32,35)/b18-13-. The van der Waals surface area contributed by atoms with Gasteiger partial charge in [0.2, 0.25) is 5.88 Å². The van der Waals surface area contributed by atoms with Crippen molar-refractivity contribution in [1.82, 2.24) is 9.38 Å². The Morgan fingerprint density at radius 3 is 2.49 bits per heavy atom. The summed E-state index contributed by atoms with van der Waals surface area (Å²) in [6, 6.07) is 16.0. The highest BCUT2D eigenvalue weighted by Crippen LogP contribution is 2.31. The summed E-state index contributed by atoms with van der Waals surface area (Å²) in [7, 11) is 0. The smallest absolute Gasteiger partial charge is 0.416 e. The van der Waals surface area contributed by atoms with Crippen LogP contribution in [0.25, 0.3) is 11.7 Å². The van der Waals surface area contributed by atoms with Crippen LogP contribution in [0.15, 0.2) is 77.2 Å². The third kappa shape index (κ3) is 5.67. The number of amides is 1. The minimum Gasteiger partial charge on any atom is -0.438 e. The number of carbonyl (C=O) groups excluding carboxylic acids is 1. The molecule has 0 radical (unpaired) electrons. The molecule has 0 saturated carbocycles. The fourth-order valence-corrected chi connectivity index (χ4v) is 3.65. The number of aryl methyl sites for hydroxylation is 2. The molecule has 0 unspecified atom stereocenters. The van der Waals surface area contributed by atoms with E-state index in [4.69, 9.17) is 4.74 Å². The number of nitriles is 1. The van der Waals surface area contributed by atoms with E-state index in [1.165, 1.54) is 16.7 Å². The molecule has 4 aromatic rings. The number of nitrogens with one attached hydrogen (secondary N) is 1. The monoisotopic (exact) mass is 504 g/mol. The first-order chi connectivity index (χ1) is 17.5. The van der Waals surface area contributed by atoms with Crippen LogP contribution in [-0.4, -0.2) is 15.3 Å². The third-order valence-corrected chi connectivity index (χ3v) is 5.25. The van der Waals surface area contributed by atoms with Gasteiger partial charge in [0.05, 0.1) is 5.56 Å². The normalized spacial score (nSPS) is 11.7. The second kappa shape index (κ2) is 9.99. The van der Waals surface area contributed by atoms with Crippen LogP contribution in [0, 0.1) is 25.2 Å². The van der Waals surface area contributed by atoms with Crippen molar-refractivity contribution >= 4 is 23.3 Å². The van der Waals surface area contributed by atoms with Crippen LogP contribution in [0.3, 0.4) is 0 Å². The lowest BCUT2D eigenvalue weighted by Crippen LogP contribution is -2.20. The Labute approximate surface area is 209 Å². The van der Waals surface area contributed by atoms with Gasteiger partial charge >= 0.3 is 6.18 Å². The van der Waals surface area contributed by atoms with Gasteiger partial charge in [-0.1, -0.05) is 18.2 Å². The molecule has 1 N–H and O–H groups in total. The summed E-state index contributed by atoms with van der Waals surface area (Å²) >= 11 is 0. The zero-order valence-corrected chi connectivity index (χ0v) is 19.6. The van der Waals surface area contributed by atoms with Gasteiger partial charge in [0.15, 0.2) is 0 Å². The maximum atomic E-state index is 13.3. The molecule has 7 nitrogen and oxygen atoms in total. The van der Waals surface area contributed by atoms with Gasteiger partial charge < -0.3 is 10.1 Å². The molecule has 2 aromatic heterocycles. The van der Waals surface area contributed by atoms with Gasteiger partial charge in [-0.2, -0.15) is 23.4 Å². The summed E-state index contributed by atoms with van der Waals surface area (Å²) in [4.78, 5) is 30.5. The number of hydrogen-bond donors (Lipinski definition) is 1. The number of halogens is 3. The molecule has 0 aliphatic rings. The number of rotatable bonds is 5. The van der Waals surface area contributed by atoms with Crippen molar-refractivity contribution in [2.45, 2.75) is 20.0 Å². The summed E-state index contributed by atoms with van der Waals surface area (Å²) in [5.41, 5.74) is -0.364. The predicted octanol–water partition coefficient (Wildman–Crippen LogP) is 5.67. The minimum absolute atomic E-state index is 0.138. The SMILES string of the molecule is Cc1cc(C)cc(Oc2nc3ccccn3c(=O)c2/C=C(/C#N)C(=O)Nc2cccc(C(F)(F)F)c2)c1. The van der Waals surface area contributed by atoms with Crippen molar-refractivity contribution in [3.8, 4) is 17.7 Å². The van der Waals surface area contributed by atoms with E-state index >= 15 is 0 Å². The molecule has 186 valence electrons. The minimum atomic E-state index is -4.61. The summed E-state index contributed by atoms with van der Waals surface area (Å²) in [5.74, 6) is -0.746. The largest absolute Gasteiger partial charge is 0.438 e. The number of carbonyl (C=O) groups is 1. The molecule has 0 aliphatic heterocycles. The summed E-state index contributed by atoms with van der Waals surface area (Å²) < 4.78 is 46.2. The molecule has 10 heteroatoms. The second-order valence-corrected chi connectivity index (χ2v) is 8.19. The van der Waals surface area contributed by atoms with E-state index in [1.807, 2.05) is 19.9 Å². The molecule has 37 heavy (non-hydrogen) atoms. The molecule has 2 aromatic carbocycles. The fourth-order valence-electron chi connectivity index (χ4n) is 3.65. The first-order valence-electron chi connectivity index (χ1n) is 10.9. The Kier molecular flexibility index (Phi) is 6.80. The Bertz CT molecular complexity index is 1630. The summed E-state index contributed by atoms with van der Waals surface area (Å²) in [6.07, 6.45) is -2.13. The molecule has 4 rings (SSSR count). The molecule has 1 amide bonds. The predicted molar refractivity (Wildman–Crippen MR) is 131 cm³/mol. The van der Waals surface area contributed by atoms with Crippen LogP contribution in [0.5, 0.6) is 11.6 Å². The number of alkyl halides is 3. The van der Waals surface area contributed by atoms with Gasteiger partial charge in [-0.15, -0.1) is 0 Å². The van der Waals surface area contributed by atoms with E-state index in [-0.39, 0.29) is 22.8 Å². The van der Waals surface area contributed by atoms with Gasteiger partial charge in [-0.05, 0) is 73.5 Å². The highest BCUT2D eigenvalue weighted by Gasteiger charge is 2.30. The molecule has 2 heterocycles. The lowest BCUT2D eigenvalue weighted by atomic mass is 10.1. The highest BCUT2D eigenvalue weighted by molar-refractivity contribution is 6.09. The van der Waals surface area contributed by atoms with E-state index in [0.717, 1.165) is 35.4 Å². The number of benzene rings is 2. The average Bonchev–Trinajstić information content (AvgIpc) is 2.83. The van der Waals surface area contributed by atoms with Crippen molar-refractivity contribution in [2.75, 3.05) is 5.32 Å². The van der Waals surface area contributed by atoms with Gasteiger partial charge in [0, 0.05) is 11.9 Å². The fraction of sp³-hybridized carbons (Fsp3) is 0.111. The topological polar surface area (TPSA) is 96.5 Å². The molecule has 0 saturated heterocycles. The number of anilines is 1. The quantitative estimate of drug-likeness (QED) is 0.279. The van der Waals surface area contributed by atoms with Crippen molar-refractivity contribution < 1.29 is 22.7 Å². The number of nitrogens with zero attached hydrogens (tertiary/aromatic N) is 3. The van der Waals surface area contributed by atoms with Gasteiger partial charge in [-0.25, -0.2) is 0 Å². The number of pyridine rings is 1. The first-order valence-corrected chi connectivity index (χ1v) is 10.9. The molecule has 0 aliphatic carbocycles. The Balaban J connectivity index is 1.78. The van der Waals surface area contributed by atoms with Gasteiger partial charge in [-0.3, -0.25) is 14.0 Å². The van der Waals surface area contributed by atoms with Crippen LogP contribution in [-0.2, 0) is 11.0 Å². The summed E-state index contributed by atoms with van der Waals surface area (Å²) in [5, 5.41) is 11.9. The number of fused-ring (bicyclic) bond motifs is 1. The van der Waals surface area contributed by atoms with Gasteiger partial charge in [0.25, 0.3) is 11.5 Å². The van der Waals surface area contributed by atoms with Crippen molar-refractivity contribution in [3.63, 3.8) is 0 Å². The second-order valence-electron chi connectivity index (χ2n) is 8.19.